The van der Waals surface area contributed by atoms with Gasteiger partial charge >= 0.3 is 12.0 Å². The molecule has 0 aromatic heterocycles. The van der Waals surface area contributed by atoms with Crippen LogP contribution in [0.2, 0.25) is 0 Å². The van der Waals surface area contributed by atoms with Crippen molar-refractivity contribution in [1.82, 2.24) is 10.2 Å². The molecule has 1 aliphatic rings. The summed E-state index contributed by atoms with van der Waals surface area (Å²) < 4.78 is 11.9. The van der Waals surface area contributed by atoms with Gasteiger partial charge in [0.2, 0.25) is 0 Å². The van der Waals surface area contributed by atoms with Crippen LogP contribution in [0.5, 0.6) is 5.75 Å². The normalized spacial score (nSPS) is 17.0. The number of piperidine rings is 1. The largest absolute Gasteiger partial charge is 0.492 e. The molecule has 1 saturated heterocycles. The Kier molecular flexibility index (Phi) is 8.80. The van der Waals surface area contributed by atoms with E-state index in [9.17, 15) is 9.59 Å². The number of rotatable bonds is 7. The second-order valence-corrected chi connectivity index (χ2v) is 9.22. The first-order valence-electron chi connectivity index (χ1n) is 10.3. The first kappa shape index (κ1) is 23.5. The molecule has 29 heavy (non-hydrogen) atoms. The molecule has 1 aromatic carbocycles. The molecule has 1 N–H and O–H groups in total. The van der Waals surface area contributed by atoms with E-state index in [-0.39, 0.29) is 23.3 Å². The maximum absolute atomic E-state index is 12.4. The van der Waals surface area contributed by atoms with Crippen LogP contribution in [0.3, 0.4) is 0 Å². The summed E-state index contributed by atoms with van der Waals surface area (Å²) in [5, 5.41) is 2.92. The van der Waals surface area contributed by atoms with E-state index in [4.69, 9.17) is 9.47 Å². The lowest BCUT2D eigenvalue weighted by Gasteiger charge is -2.31. The Morgan fingerprint density at radius 2 is 2.07 bits per heavy atom. The molecule has 0 radical (unpaired) electrons. The highest BCUT2D eigenvalue weighted by atomic mass is 79.9. The highest BCUT2D eigenvalue weighted by molar-refractivity contribution is 9.10. The second kappa shape index (κ2) is 10.9. The van der Waals surface area contributed by atoms with E-state index in [2.05, 4.69) is 54.2 Å². The van der Waals surface area contributed by atoms with Gasteiger partial charge in [-0.05, 0) is 65.2 Å². The van der Waals surface area contributed by atoms with Gasteiger partial charge in [0, 0.05) is 19.6 Å². The molecule has 2 rings (SSSR count). The Morgan fingerprint density at radius 3 is 2.72 bits per heavy atom. The topological polar surface area (TPSA) is 67.9 Å². The summed E-state index contributed by atoms with van der Waals surface area (Å²) in [4.78, 5) is 26.0. The Hall–Kier alpha value is -1.76. The summed E-state index contributed by atoms with van der Waals surface area (Å²) in [7, 11) is 0. The monoisotopic (exact) mass is 468 g/mol. The number of ether oxygens (including phenoxy) is 2. The number of esters is 1. The summed E-state index contributed by atoms with van der Waals surface area (Å²) >= 11 is 3.57. The van der Waals surface area contributed by atoms with Crippen LogP contribution in [0.15, 0.2) is 22.7 Å². The molecule has 162 valence electrons. The average molecular weight is 469 g/mol. The first-order chi connectivity index (χ1) is 13.7. The smallest absolute Gasteiger partial charge is 0.317 e. The van der Waals surface area contributed by atoms with Crippen molar-refractivity contribution in [2.75, 3.05) is 32.8 Å². The third-order valence-electron chi connectivity index (χ3n) is 4.98. The van der Waals surface area contributed by atoms with Gasteiger partial charge < -0.3 is 19.7 Å². The minimum Gasteiger partial charge on any atom is -0.492 e. The van der Waals surface area contributed by atoms with Gasteiger partial charge in [0.05, 0.1) is 23.6 Å². The van der Waals surface area contributed by atoms with Crippen LogP contribution >= 0.6 is 15.9 Å². The minimum atomic E-state index is -0.216. The third-order valence-corrected chi connectivity index (χ3v) is 5.60. The number of benzene rings is 1. The van der Waals surface area contributed by atoms with Crippen molar-refractivity contribution in [3.05, 3.63) is 28.2 Å². The molecule has 1 aromatic rings. The van der Waals surface area contributed by atoms with Crippen molar-refractivity contribution in [3.63, 3.8) is 0 Å². The molecule has 1 aliphatic heterocycles. The zero-order valence-electron chi connectivity index (χ0n) is 17.9. The van der Waals surface area contributed by atoms with Gasteiger partial charge in [-0.1, -0.05) is 26.8 Å². The Labute approximate surface area is 182 Å². The predicted molar refractivity (Wildman–Crippen MR) is 117 cm³/mol. The molecule has 1 atom stereocenters. The fraction of sp³-hybridized carbons (Fsp3) is 0.636. The molecule has 0 bridgehead atoms. The van der Waals surface area contributed by atoms with Gasteiger partial charge in [-0.25, -0.2) is 4.79 Å². The SMILES string of the molecule is CCOC(=O)C1CCCN(C(=O)NCCCOc2ccc(C(C)(C)C)cc2Br)C1. The van der Waals surface area contributed by atoms with Crippen molar-refractivity contribution >= 4 is 27.9 Å². The Bertz CT molecular complexity index is 703. The molecule has 0 spiro atoms. The zero-order chi connectivity index (χ0) is 21.4. The third kappa shape index (κ3) is 7.21. The predicted octanol–water partition coefficient (Wildman–Crippen LogP) is 4.50. The number of carbonyl (C=O) groups excluding carboxylic acids is 2. The molecule has 1 unspecified atom stereocenters. The number of nitrogens with zero attached hydrogens (tertiary/aromatic N) is 1. The molecule has 1 heterocycles. The second-order valence-electron chi connectivity index (χ2n) is 8.37. The molecule has 6 nitrogen and oxygen atoms in total. The van der Waals surface area contributed by atoms with Gasteiger partial charge in [-0.15, -0.1) is 0 Å². The highest BCUT2D eigenvalue weighted by Gasteiger charge is 2.29. The lowest BCUT2D eigenvalue weighted by Crippen LogP contribution is -2.47. The van der Waals surface area contributed by atoms with Crippen LogP contribution < -0.4 is 10.1 Å². The molecule has 0 saturated carbocycles. The number of carbonyl (C=O) groups is 2. The van der Waals surface area contributed by atoms with E-state index in [0.29, 0.717) is 39.3 Å². The fourth-order valence-corrected chi connectivity index (χ4v) is 3.75. The molecule has 0 aliphatic carbocycles. The standard InChI is InChI=1S/C22H33BrN2O4/c1-5-28-20(26)16-8-6-12-25(15-16)21(27)24-11-7-13-29-19-10-9-17(14-18(19)23)22(2,3)4/h9-10,14,16H,5-8,11-13,15H2,1-4H3,(H,24,27). The molecule has 7 heteroatoms. The summed E-state index contributed by atoms with van der Waals surface area (Å²) in [5.74, 6) is 0.380. The van der Waals surface area contributed by atoms with E-state index < -0.39 is 0 Å². The van der Waals surface area contributed by atoms with E-state index in [1.54, 1.807) is 11.8 Å². The first-order valence-corrected chi connectivity index (χ1v) is 11.1. The van der Waals surface area contributed by atoms with Crippen molar-refractivity contribution < 1.29 is 19.1 Å². The number of amides is 2. The number of urea groups is 1. The molecular weight excluding hydrogens is 436 g/mol. The molecule has 2 amide bonds. The Morgan fingerprint density at radius 1 is 1.31 bits per heavy atom. The van der Waals surface area contributed by atoms with E-state index >= 15 is 0 Å². The number of likely N-dealkylation sites (tertiary alicyclic amines) is 1. The lowest BCUT2D eigenvalue weighted by atomic mass is 9.87. The maximum atomic E-state index is 12.4. The van der Waals surface area contributed by atoms with Crippen molar-refractivity contribution in [3.8, 4) is 5.75 Å². The highest BCUT2D eigenvalue weighted by Crippen LogP contribution is 2.31. The van der Waals surface area contributed by atoms with Gasteiger partial charge in [-0.2, -0.15) is 0 Å². The van der Waals surface area contributed by atoms with Crippen molar-refractivity contribution in [2.24, 2.45) is 5.92 Å². The van der Waals surface area contributed by atoms with Crippen LogP contribution in [0.25, 0.3) is 0 Å². The van der Waals surface area contributed by atoms with Crippen LogP contribution in [-0.4, -0.2) is 49.7 Å². The van der Waals surface area contributed by atoms with Crippen LogP contribution in [0.4, 0.5) is 4.79 Å². The zero-order valence-corrected chi connectivity index (χ0v) is 19.5. The number of nitrogens with one attached hydrogen (secondary N) is 1. The van der Waals surface area contributed by atoms with E-state index in [1.165, 1.54) is 5.56 Å². The van der Waals surface area contributed by atoms with Crippen LogP contribution in [0, 0.1) is 5.92 Å². The number of hydrogen-bond donors (Lipinski definition) is 1. The van der Waals surface area contributed by atoms with Gasteiger partial charge in [0.25, 0.3) is 0 Å². The summed E-state index contributed by atoms with van der Waals surface area (Å²) in [6, 6.07) is 6.02. The van der Waals surface area contributed by atoms with E-state index in [0.717, 1.165) is 23.1 Å². The van der Waals surface area contributed by atoms with Gasteiger partial charge in [-0.3, -0.25) is 4.79 Å². The number of hydrogen-bond acceptors (Lipinski definition) is 4. The fourth-order valence-electron chi connectivity index (χ4n) is 3.26. The Balaban J connectivity index is 1.71. The van der Waals surface area contributed by atoms with Crippen molar-refractivity contribution in [2.45, 2.75) is 52.4 Å². The summed E-state index contributed by atoms with van der Waals surface area (Å²) in [5.41, 5.74) is 1.33. The quantitative estimate of drug-likeness (QED) is 0.472. The molecular formula is C22H33BrN2O4. The minimum absolute atomic E-state index is 0.0894. The number of halogens is 1. The van der Waals surface area contributed by atoms with Gasteiger partial charge in [0.1, 0.15) is 5.75 Å². The maximum Gasteiger partial charge on any atom is 0.317 e. The average Bonchev–Trinajstić information content (AvgIpc) is 2.68. The van der Waals surface area contributed by atoms with Crippen molar-refractivity contribution in [1.29, 1.82) is 0 Å². The van der Waals surface area contributed by atoms with Crippen LogP contribution in [0.1, 0.15) is 52.5 Å². The lowest BCUT2D eigenvalue weighted by molar-refractivity contribution is -0.149. The van der Waals surface area contributed by atoms with E-state index in [1.807, 2.05) is 6.07 Å². The van der Waals surface area contributed by atoms with Crippen LogP contribution in [-0.2, 0) is 14.9 Å². The summed E-state index contributed by atoms with van der Waals surface area (Å²) in [6.45, 7) is 10.8. The van der Waals surface area contributed by atoms with Gasteiger partial charge in [0.15, 0.2) is 0 Å². The molecule has 1 fully saturated rings. The summed E-state index contributed by atoms with van der Waals surface area (Å²) in [6.07, 6.45) is 2.30.